The van der Waals surface area contributed by atoms with Gasteiger partial charge in [-0.2, -0.15) is 10.3 Å². The molecule has 220 valence electrons. The number of tetrazole rings is 1. The molecule has 0 saturated heterocycles. The van der Waals surface area contributed by atoms with Crippen LogP contribution in [0.3, 0.4) is 0 Å². The average molecular weight is 658 g/mol. The van der Waals surface area contributed by atoms with Crippen molar-refractivity contribution in [1.29, 1.82) is 0 Å². The van der Waals surface area contributed by atoms with Gasteiger partial charge in [0.1, 0.15) is 0 Å². The van der Waals surface area contributed by atoms with Crippen LogP contribution in [0.4, 0.5) is 5.95 Å². The topological polar surface area (TPSA) is 122 Å². The average Bonchev–Trinajstić information content (AvgIpc) is 3.62. The second-order valence-electron chi connectivity index (χ2n) is 9.68. The Morgan fingerprint density at radius 3 is 2.35 bits per heavy atom. The Balaban J connectivity index is 1.32. The number of H-pyrrole nitrogens is 1. The van der Waals surface area contributed by atoms with E-state index >= 15 is 0 Å². The van der Waals surface area contributed by atoms with Crippen LogP contribution in [0, 0.1) is 0 Å². The van der Waals surface area contributed by atoms with Gasteiger partial charge in [0.25, 0.3) is 17.8 Å². The fourth-order valence-corrected chi connectivity index (χ4v) is 5.44. The lowest BCUT2D eigenvalue weighted by Crippen LogP contribution is -2.28. The lowest BCUT2D eigenvalue weighted by atomic mass is 10.1. The summed E-state index contributed by atoms with van der Waals surface area (Å²) in [5.74, 6) is -0.452. The van der Waals surface area contributed by atoms with Crippen molar-refractivity contribution in [1.82, 2.24) is 35.3 Å². The molecule has 2 N–H and O–H groups in total. The molecule has 0 unspecified atom stereocenters. The molecule has 2 heterocycles. The van der Waals surface area contributed by atoms with Crippen LogP contribution in [0.25, 0.3) is 11.3 Å². The summed E-state index contributed by atoms with van der Waals surface area (Å²) in [5, 5.41) is 22.4. The Kier molecular flexibility index (Phi) is 9.62. The first-order valence-corrected chi connectivity index (χ1v) is 14.5. The third kappa shape index (κ3) is 7.71. The molecule has 0 saturated carbocycles. The number of anilines is 1. The van der Waals surface area contributed by atoms with Gasteiger partial charge in [-0.25, -0.2) is 0 Å². The second-order valence-corrected chi connectivity index (χ2v) is 11.4. The van der Waals surface area contributed by atoms with Crippen LogP contribution in [0.5, 0.6) is 0 Å². The first-order valence-electron chi connectivity index (χ1n) is 13.0. The van der Waals surface area contributed by atoms with E-state index in [1.54, 1.807) is 48.3 Å². The molecule has 10 nitrogen and oxygen atoms in total. The van der Waals surface area contributed by atoms with Gasteiger partial charge in [-0.15, -0.1) is 5.10 Å². The van der Waals surface area contributed by atoms with Gasteiger partial charge in [-0.1, -0.05) is 63.6 Å². The molecule has 43 heavy (non-hydrogen) atoms. The number of aromatic amines is 1. The first-order chi connectivity index (χ1) is 20.7. The quantitative estimate of drug-likeness (QED) is 0.173. The van der Waals surface area contributed by atoms with Gasteiger partial charge in [0.15, 0.2) is 0 Å². The van der Waals surface area contributed by atoms with Gasteiger partial charge in [-0.05, 0) is 78.2 Å². The number of hydrogen-bond donors (Lipinski definition) is 2. The highest BCUT2D eigenvalue weighted by atomic mass is 35.5. The molecular weight excluding hydrogens is 634 g/mol. The number of aryl methyl sites for hydroxylation is 1. The smallest absolute Gasteiger partial charge is 0.270 e. The SMILES string of the molecule is CN(CCCc1cc(-c2cc(Cl)cc(Cl)c2)nn1Cc1ccc(C(=O)Nc2nn[nH]n2)cc1)C(=O)c1ccc(Cl)cc1Cl. The van der Waals surface area contributed by atoms with Crippen LogP contribution in [0.2, 0.25) is 20.1 Å². The molecule has 5 aromatic rings. The van der Waals surface area contributed by atoms with E-state index < -0.39 is 0 Å². The lowest BCUT2D eigenvalue weighted by molar-refractivity contribution is 0.0793. The molecular formula is C29H24Cl4N8O2. The summed E-state index contributed by atoms with van der Waals surface area (Å²) in [4.78, 5) is 27.1. The van der Waals surface area contributed by atoms with Crippen LogP contribution in [0.1, 0.15) is 38.4 Å². The molecule has 5 rings (SSSR count). The first kappa shape index (κ1) is 30.5. The summed E-state index contributed by atoms with van der Waals surface area (Å²) in [6, 6.07) is 19.2. The molecule has 0 spiro atoms. The van der Waals surface area contributed by atoms with Gasteiger partial charge < -0.3 is 4.90 Å². The highest BCUT2D eigenvalue weighted by Gasteiger charge is 2.17. The highest BCUT2D eigenvalue weighted by molar-refractivity contribution is 6.36. The summed E-state index contributed by atoms with van der Waals surface area (Å²) in [6.45, 7) is 0.941. The van der Waals surface area contributed by atoms with Crippen LogP contribution >= 0.6 is 46.4 Å². The minimum Gasteiger partial charge on any atom is -0.342 e. The molecule has 3 aromatic carbocycles. The Morgan fingerprint density at radius 2 is 1.67 bits per heavy atom. The van der Waals surface area contributed by atoms with E-state index in [0.717, 1.165) is 16.8 Å². The van der Waals surface area contributed by atoms with Gasteiger partial charge >= 0.3 is 0 Å². The Bertz CT molecular complexity index is 1740. The van der Waals surface area contributed by atoms with Crippen molar-refractivity contribution in [3.63, 3.8) is 0 Å². The van der Waals surface area contributed by atoms with Crippen molar-refractivity contribution in [2.75, 3.05) is 18.9 Å². The summed E-state index contributed by atoms with van der Waals surface area (Å²) in [5.41, 5.74) is 4.23. The molecule has 0 fully saturated rings. The number of carbonyl (C=O) groups is 2. The molecule has 0 bridgehead atoms. The summed E-state index contributed by atoms with van der Waals surface area (Å²) in [7, 11) is 1.74. The van der Waals surface area contributed by atoms with Crippen molar-refractivity contribution < 1.29 is 9.59 Å². The maximum Gasteiger partial charge on any atom is 0.270 e. The fraction of sp³-hybridized carbons (Fsp3) is 0.172. The zero-order chi connectivity index (χ0) is 30.5. The minimum absolute atomic E-state index is 0.0903. The van der Waals surface area contributed by atoms with Crippen LogP contribution in [-0.4, -0.2) is 60.7 Å². The van der Waals surface area contributed by atoms with E-state index in [-0.39, 0.29) is 17.8 Å². The molecule has 2 amide bonds. The number of nitrogens with zero attached hydrogens (tertiary/aromatic N) is 6. The monoisotopic (exact) mass is 656 g/mol. The minimum atomic E-state index is -0.355. The molecule has 0 radical (unpaired) electrons. The predicted octanol–water partition coefficient (Wildman–Crippen LogP) is 6.68. The molecule has 14 heteroatoms. The van der Waals surface area contributed by atoms with E-state index in [4.69, 9.17) is 51.5 Å². The molecule has 0 aliphatic heterocycles. The zero-order valence-electron chi connectivity index (χ0n) is 22.7. The maximum atomic E-state index is 13.0. The Hall–Kier alpha value is -3.96. The molecule has 0 atom stereocenters. The van der Waals surface area contributed by atoms with Crippen molar-refractivity contribution in [2.24, 2.45) is 0 Å². The number of aromatic nitrogens is 6. The number of amides is 2. The third-order valence-corrected chi connectivity index (χ3v) is 7.56. The number of benzene rings is 3. The number of nitrogens with one attached hydrogen (secondary N) is 2. The van der Waals surface area contributed by atoms with Crippen LogP contribution in [0.15, 0.2) is 66.7 Å². The van der Waals surface area contributed by atoms with E-state index in [9.17, 15) is 9.59 Å². The lowest BCUT2D eigenvalue weighted by Gasteiger charge is -2.18. The molecule has 2 aromatic heterocycles. The molecule has 0 aliphatic carbocycles. The van der Waals surface area contributed by atoms with E-state index in [1.807, 2.05) is 35.0 Å². The Labute approximate surface area is 266 Å². The van der Waals surface area contributed by atoms with Gasteiger partial charge in [0.2, 0.25) is 0 Å². The molecule has 0 aliphatic rings. The summed E-state index contributed by atoms with van der Waals surface area (Å²) < 4.78 is 1.90. The number of hydrogen-bond acceptors (Lipinski definition) is 6. The van der Waals surface area contributed by atoms with Crippen molar-refractivity contribution >= 4 is 64.2 Å². The second kappa shape index (κ2) is 13.6. The zero-order valence-corrected chi connectivity index (χ0v) is 25.7. The van der Waals surface area contributed by atoms with Crippen molar-refractivity contribution in [3.8, 4) is 11.3 Å². The van der Waals surface area contributed by atoms with Gasteiger partial charge in [-0.3, -0.25) is 19.6 Å². The van der Waals surface area contributed by atoms with Crippen LogP contribution in [-0.2, 0) is 13.0 Å². The highest BCUT2D eigenvalue weighted by Crippen LogP contribution is 2.28. The third-order valence-electron chi connectivity index (χ3n) is 6.58. The van der Waals surface area contributed by atoms with Crippen molar-refractivity contribution in [2.45, 2.75) is 19.4 Å². The van der Waals surface area contributed by atoms with Crippen molar-refractivity contribution in [3.05, 3.63) is 109 Å². The Morgan fingerprint density at radius 1 is 0.930 bits per heavy atom. The maximum absolute atomic E-state index is 13.0. The number of rotatable bonds is 10. The predicted molar refractivity (Wildman–Crippen MR) is 167 cm³/mol. The van der Waals surface area contributed by atoms with Gasteiger partial charge in [0, 0.05) is 45.5 Å². The standard InChI is InChI=1S/C29H24Cl4N8O2/c1-40(28(43)24-9-8-20(30)14-25(24)33)10-2-3-23-15-26(19-11-21(31)13-22(32)12-19)37-41(23)16-17-4-6-18(7-5-17)27(42)34-29-35-38-39-36-29/h4-9,11-15H,2-3,10,16H2,1H3,(H2,34,35,36,38,39,42). The van der Waals surface area contributed by atoms with E-state index in [1.165, 1.54) is 0 Å². The van der Waals surface area contributed by atoms with Crippen LogP contribution < -0.4 is 5.32 Å². The largest absolute Gasteiger partial charge is 0.342 e. The number of carbonyl (C=O) groups excluding carboxylic acids is 2. The van der Waals surface area contributed by atoms with E-state index in [0.29, 0.717) is 62.8 Å². The fourth-order valence-electron chi connectivity index (χ4n) is 4.43. The number of halogens is 4. The normalized spacial score (nSPS) is 11.0. The van der Waals surface area contributed by atoms with Gasteiger partial charge in [0.05, 0.1) is 22.8 Å². The summed E-state index contributed by atoms with van der Waals surface area (Å²) >= 11 is 24.7. The van der Waals surface area contributed by atoms with E-state index in [2.05, 4.69) is 25.9 Å². The summed E-state index contributed by atoms with van der Waals surface area (Å²) in [6.07, 6.45) is 1.31.